The molecule has 2 N–H and O–H groups in total. The van der Waals surface area contributed by atoms with E-state index in [1.165, 1.54) is 0 Å². The molecule has 18 heavy (non-hydrogen) atoms. The molecule has 1 amide bonds. The molecule has 0 aliphatic rings. The number of nitrogens with zero attached hydrogens (tertiary/aromatic N) is 1. The summed E-state index contributed by atoms with van der Waals surface area (Å²) in [5, 5.41) is 0. The SMILES string of the molecule is CC(=CC[N+](C)(C)C(C)CCS(=O)(=O)[O-])C(N)=O. The van der Waals surface area contributed by atoms with Crippen LogP contribution in [0, 0.1) is 0 Å². The van der Waals surface area contributed by atoms with Crippen LogP contribution in [0.1, 0.15) is 20.3 Å². The summed E-state index contributed by atoms with van der Waals surface area (Å²) in [5.74, 6) is -0.834. The third kappa shape index (κ3) is 6.73. The number of hydrogen-bond donors (Lipinski definition) is 1. The zero-order valence-electron chi connectivity index (χ0n) is 11.3. The van der Waals surface area contributed by atoms with E-state index in [1.54, 1.807) is 13.0 Å². The van der Waals surface area contributed by atoms with Gasteiger partial charge in [-0.05, 0) is 19.9 Å². The van der Waals surface area contributed by atoms with Crippen molar-refractivity contribution in [3.63, 3.8) is 0 Å². The molecule has 0 aromatic carbocycles. The lowest BCUT2D eigenvalue weighted by molar-refractivity contribution is -0.907. The number of primary amides is 1. The Hall–Kier alpha value is -0.920. The van der Waals surface area contributed by atoms with Crippen LogP contribution in [0.5, 0.6) is 0 Å². The largest absolute Gasteiger partial charge is 0.748 e. The van der Waals surface area contributed by atoms with Crippen molar-refractivity contribution < 1.29 is 22.2 Å². The topological polar surface area (TPSA) is 100 Å². The van der Waals surface area contributed by atoms with E-state index in [-0.39, 0.29) is 11.8 Å². The van der Waals surface area contributed by atoms with E-state index in [0.717, 1.165) is 0 Å². The fraction of sp³-hybridized carbons (Fsp3) is 0.727. The van der Waals surface area contributed by atoms with Crippen molar-refractivity contribution >= 4 is 16.0 Å². The van der Waals surface area contributed by atoms with Crippen LogP contribution in [-0.2, 0) is 14.9 Å². The summed E-state index contributed by atoms with van der Waals surface area (Å²) in [7, 11) is -0.355. The highest BCUT2D eigenvalue weighted by Crippen LogP contribution is 2.12. The van der Waals surface area contributed by atoms with E-state index in [2.05, 4.69) is 0 Å². The summed E-state index contributed by atoms with van der Waals surface area (Å²) >= 11 is 0. The van der Waals surface area contributed by atoms with Crippen molar-refractivity contribution in [2.24, 2.45) is 5.73 Å². The molecule has 0 spiro atoms. The number of nitrogens with two attached hydrogens (primary N) is 1. The summed E-state index contributed by atoms with van der Waals surface area (Å²) < 4.78 is 32.2. The molecule has 0 heterocycles. The van der Waals surface area contributed by atoms with Gasteiger partial charge >= 0.3 is 0 Å². The van der Waals surface area contributed by atoms with Gasteiger partial charge in [-0.2, -0.15) is 0 Å². The van der Waals surface area contributed by atoms with Gasteiger partial charge in [-0.25, -0.2) is 8.42 Å². The molecule has 7 heteroatoms. The Bertz CT molecular complexity index is 426. The van der Waals surface area contributed by atoms with Gasteiger partial charge in [0.15, 0.2) is 0 Å². The van der Waals surface area contributed by atoms with Crippen molar-refractivity contribution in [3.05, 3.63) is 11.6 Å². The van der Waals surface area contributed by atoms with Crippen LogP contribution in [0.3, 0.4) is 0 Å². The second kappa shape index (κ2) is 6.31. The van der Waals surface area contributed by atoms with Crippen LogP contribution >= 0.6 is 0 Å². The Morgan fingerprint density at radius 2 is 1.94 bits per heavy atom. The molecule has 0 aromatic heterocycles. The molecule has 1 atom stereocenters. The predicted octanol–water partition coefficient (Wildman–Crippen LogP) is -0.182. The lowest BCUT2D eigenvalue weighted by Gasteiger charge is -2.35. The van der Waals surface area contributed by atoms with Crippen molar-refractivity contribution in [3.8, 4) is 0 Å². The normalized spacial score (nSPS) is 15.5. The summed E-state index contributed by atoms with van der Waals surface area (Å²) in [5.41, 5.74) is 5.60. The first-order valence-corrected chi connectivity index (χ1v) is 7.26. The molecule has 0 bridgehead atoms. The second-order valence-corrected chi connectivity index (χ2v) is 6.64. The van der Waals surface area contributed by atoms with E-state index in [1.807, 2.05) is 21.0 Å². The average molecular weight is 278 g/mol. The smallest absolute Gasteiger partial charge is 0.244 e. The zero-order chi connectivity index (χ0) is 14.6. The third-order valence-corrected chi connectivity index (χ3v) is 3.97. The molecule has 6 nitrogen and oxygen atoms in total. The van der Waals surface area contributed by atoms with Gasteiger partial charge in [-0.3, -0.25) is 4.79 Å². The van der Waals surface area contributed by atoms with Gasteiger partial charge < -0.3 is 14.8 Å². The predicted molar refractivity (Wildman–Crippen MR) is 68.6 cm³/mol. The highest BCUT2D eigenvalue weighted by molar-refractivity contribution is 7.85. The standard InChI is InChI=1S/C11H22N2O4S/c1-9(11(12)14)5-7-13(3,4)10(2)6-8-18(15,16)17/h5,10H,6-8H2,1-4H3,(H2-,12,14,15,16,17). The Balaban J connectivity index is 4.53. The molecule has 0 saturated heterocycles. The average Bonchev–Trinajstić information content (AvgIpc) is 2.21. The van der Waals surface area contributed by atoms with Crippen molar-refractivity contribution in [2.45, 2.75) is 26.3 Å². The quantitative estimate of drug-likeness (QED) is 0.396. The summed E-state index contributed by atoms with van der Waals surface area (Å²) in [4.78, 5) is 10.9. The monoisotopic (exact) mass is 278 g/mol. The van der Waals surface area contributed by atoms with E-state index in [9.17, 15) is 17.8 Å². The fourth-order valence-electron chi connectivity index (χ4n) is 1.32. The second-order valence-electron chi connectivity index (χ2n) is 5.11. The molecule has 1 unspecified atom stereocenters. The lowest BCUT2D eigenvalue weighted by Crippen LogP contribution is -2.48. The van der Waals surface area contributed by atoms with Crippen molar-refractivity contribution in [1.82, 2.24) is 0 Å². The number of carbonyl (C=O) groups excluding carboxylic acids is 1. The van der Waals surface area contributed by atoms with E-state index in [4.69, 9.17) is 5.73 Å². The maximum absolute atomic E-state index is 10.9. The van der Waals surface area contributed by atoms with Gasteiger partial charge in [-0.1, -0.05) is 0 Å². The Kier molecular flexibility index (Phi) is 5.98. The molecule has 0 aromatic rings. The summed E-state index contributed by atoms with van der Waals surface area (Å²) in [6.45, 7) is 4.06. The maximum Gasteiger partial charge on any atom is 0.244 e. The van der Waals surface area contributed by atoms with Crippen LogP contribution in [-0.4, -0.2) is 55.8 Å². The number of amides is 1. The van der Waals surface area contributed by atoms with Crippen LogP contribution in [0.4, 0.5) is 0 Å². The minimum atomic E-state index is -4.17. The zero-order valence-corrected chi connectivity index (χ0v) is 12.2. The summed E-state index contributed by atoms with van der Waals surface area (Å²) in [6.07, 6.45) is 2.02. The first kappa shape index (κ1) is 17.1. The van der Waals surface area contributed by atoms with Crippen LogP contribution in [0.2, 0.25) is 0 Å². The molecule has 0 rings (SSSR count). The molecular weight excluding hydrogens is 256 g/mol. The number of quaternary nitrogens is 1. The first-order valence-electron chi connectivity index (χ1n) is 5.68. The number of carbonyl (C=O) groups is 1. The van der Waals surface area contributed by atoms with Crippen LogP contribution < -0.4 is 5.73 Å². The van der Waals surface area contributed by atoms with Crippen LogP contribution in [0.25, 0.3) is 0 Å². The Labute approximate surface area is 109 Å². The minimum absolute atomic E-state index is 0.00866. The van der Waals surface area contributed by atoms with Crippen molar-refractivity contribution in [2.75, 3.05) is 26.4 Å². The van der Waals surface area contributed by atoms with Crippen molar-refractivity contribution in [1.29, 1.82) is 0 Å². The molecule has 0 fully saturated rings. The molecular formula is C11H22N2O4S. The van der Waals surface area contributed by atoms with E-state index >= 15 is 0 Å². The van der Waals surface area contributed by atoms with Crippen LogP contribution in [0.15, 0.2) is 11.6 Å². The lowest BCUT2D eigenvalue weighted by atomic mass is 10.1. The van der Waals surface area contributed by atoms with E-state index in [0.29, 0.717) is 23.0 Å². The number of rotatable bonds is 7. The molecule has 0 aliphatic heterocycles. The maximum atomic E-state index is 10.9. The van der Waals surface area contributed by atoms with Gasteiger partial charge in [0.1, 0.15) is 0 Å². The minimum Gasteiger partial charge on any atom is -0.748 e. The first-order chi connectivity index (χ1) is 7.96. The molecule has 0 saturated carbocycles. The Morgan fingerprint density at radius 1 is 1.44 bits per heavy atom. The van der Waals surface area contributed by atoms with Gasteiger partial charge in [0.05, 0.1) is 36.8 Å². The number of hydrogen-bond acceptors (Lipinski definition) is 4. The van der Waals surface area contributed by atoms with Gasteiger partial charge in [0.2, 0.25) is 5.91 Å². The third-order valence-electron chi connectivity index (χ3n) is 3.24. The summed E-state index contributed by atoms with van der Waals surface area (Å²) in [6, 6.07) is -0.00866. The van der Waals surface area contributed by atoms with Gasteiger partial charge in [0.25, 0.3) is 0 Å². The van der Waals surface area contributed by atoms with E-state index < -0.39 is 16.0 Å². The molecule has 0 radical (unpaired) electrons. The highest BCUT2D eigenvalue weighted by atomic mass is 32.2. The highest BCUT2D eigenvalue weighted by Gasteiger charge is 2.23. The molecule has 0 aliphatic carbocycles. The number of likely N-dealkylation sites (N-methyl/N-ethyl adjacent to an activating group) is 1. The fourth-order valence-corrected chi connectivity index (χ4v) is 1.95. The Morgan fingerprint density at radius 3 is 2.33 bits per heavy atom. The van der Waals surface area contributed by atoms with Gasteiger partial charge in [-0.15, -0.1) is 0 Å². The molecule has 106 valence electrons. The van der Waals surface area contributed by atoms with Gasteiger partial charge in [0, 0.05) is 17.7 Å².